The summed E-state index contributed by atoms with van der Waals surface area (Å²) in [5, 5.41) is 16.3. The summed E-state index contributed by atoms with van der Waals surface area (Å²) in [4.78, 5) is 33.0. The molecule has 2 aromatic rings. The molecule has 0 radical (unpaired) electrons. The molecule has 2 aromatic heterocycles. The van der Waals surface area contributed by atoms with Crippen LogP contribution in [0.1, 0.15) is 12.8 Å². The molecular formula is C14H15N5O3S. The first-order valence-electron chi connectivity index (χ1n) is 7.20. The molecule has 1 aliphatic heterocycles. The van der Waals surface area contributed by atoms with Crippen LogP contribution in [0, 0.1) is 16.0 Å². The van der Waals surface area contributed by atoms with Gasteiger partial charge in [-0.05, 0) is 18.9 Å². The minimum Gasteiger partial charge on any atom is -0.350 e. The summed E-state index contributed by atoms with van der Waals surface area (Å²) in [7, 11) is 0. The third-order valence-corrected chi connectivity index (χ3v) is 4.41. The Bertz CT molecular complexity index is 706. The van der Waals surface area contributed by atoms with E-state index in [2.05, 4.69) is 15.3 Å². The average molecular weight is 333 g/mol. The lowest BCUT2D eigenvalue weighted by Crippen LogP contribution is -2.41. The Morgan fingerprint density at radius 2 is 2.30 bits per heavy atom. The number of nitro groups is 1. The summed E-state index contributed by atoms with van der Waals surface area (Å²) in [6.45, 7) is 1.06. The summed E-state index contributed by atoms with van der Waals surface area (Å²) >= 11 is 1.36. The molecule has 1 atom stereocenters. The predicted octanol–water partition coefficient (Wildman–Crippen LogP) is 2.30. The van der Waals surface area contributed by atoms with E-state index in [0.29, 0.717) is 24.0 Å². The summed E-state index contributed by atoms with van der Waals surface area (Å²) in [6.07, 6.45) is 4.68. The quantitative estimate of drug-likeness (QED) is 0.680. The first-order chi connectivity index (χ1) is 11.1. The zero-order valence-corrected chi connectivity index (χ0v) is 13.0. The maximum Gasteiger partial charge on any atom is 0.311 e. The van der Waals surface area contributed by atoms with Gasteiger partial charge < -0.3 is 10.2 Å². The third-order valence-electron chi connectivity index (χ3n) is 3.72. The molecule has 1 aliphatic rings. The highest BCUT2D eigenvalue weighted by molar-refractivity contribution is 7.13. The fourth-order valence-electron chi connectivity index (χ4n) is 2.65. The molecule has 3 heterocycles. The number of amides is 1. The Kier molecular flexibility index (Phi) is 4.47. The minimum absolute atomic E-state index is 0.0338. The van der Waals surface area contributed by atoms with Crippen molar-refractivity contribution in [2.45, 2.75) is 12.8 Å². The Labute approximate surface area is 136 Å². The normalized spacial score (nSPS) is 17.7. The molecule has 1 fully saturated rings. The average Bonchev–Trinajstić information content (AvgIpc) is 3.08. The Balaban J connectivity index is 1.73. The van der Waals surface area contributed by atoms with Gasteiger partial charge in [-0.25, -0.2) is 9.97 Å². The molecule has 1 saturated heterocycles. The van der Waals surface area contributed by atoms with Gasteiger partial charge in [0.05, 0.1) is 10.8 Å². The number of hydrogen-bond donors (Lipinski definition) is 1. The third kappa shape index (κ3) is 3.45. The van der Waals surface area contributed by atoms with Crippen molar-refractivity contribution >= 4 is 33.9 Å². The SMILES string of the molecule is O=C(Nc1nccs1)[C@H]1CCCN(c2ncccc2[N+](=O)[O-])C1. The number of nitrogens with zero attached hydrogens (tertiary/aromatic N) is 4. The number of anilines is 2. The highest BCUT2D eigenvalue weighted by Crippen LogP contribution is 2.29. The van der Waals surface area contributed by atoms with E-state index >= 15 is 0 Å². The van der Waals surface area contributed by atoms with E-state index in [1.807, 2.05) is 4.90 Å². The van der Waals surface area contributed by atoms with Gasteiger partial charge in [0, 0.05) is 36.9 Å². The number of pyridine rings is 1. The number of rotatable bonds is 4. The van der Waals surface area contributed by atoms with Crippen molar-refractivity contribution in [2.75, 3.05) is 23.3 Å². The lowest BCUT2D eigenvalue weighted by Gasteiger charge is -2.32. The summed E-state index contributed by atoms with van der Waals surface area (Å²) in [5.74, 6) is -0.0262. The van der Waals surface area contributed by atoms with Crippen LogP contribution < -0.4 is 10.2 Å². The largest absolute Gasteiger partial charge is 0.350 e. The monoisotopic (exact) mass is 333 g/mol. The fraction of sp³-hybridized carbons (Fsp3) is 0.357. The maximum atomic E-state index is 12.3. The summed E-state index contributed by atoms with van der Waals surface area (Å²) in [6, 6.07) is 2.97. The van der Waals surface area contributed by atoms with E-state index < -0.39 is 4.92 Å². The number of nitrogens with one attached hydrogen (secondary N) is 1. The molecule has 0 unspecified atom stereocenters. The van der Waals surface area contributed by atoms with Crippen molar-refractivity contribution in [3.8, 4) is 0 Å². The smallest absolute Gasteiger partial charge is 0.311 e. The van der Waals surface area contributed by atoms with E-state index in [1.165, 1.54) is 29.7 Å². The van der Waals surface area contributed by atoms with Gasteiger partial charge in [0.2, 0.25) is 11.7 Å². The van der Waals surface area contributed by atoms with E-state index in [-0.39, 0.29) is 17.5 Å². The first-order valence-corrected chi connectivity index (χ1v) is 8.08. The Morgan fingerprint density at radius 3 is 3.04 bits per heavy atom. The van der Waals surface area contributed by atoms with Crippen LogP contribution >= 0.6 is 11.3 Å². The van der Waals surface area contributed by atoms with E-state index in [0.717, 1.165) is 12.8 Å². The molecule has 120 valence electrons. The van der Waals surface area contributed by atoms with Gasteiger partial charge in [0.25, 0.3) is 0 Å². The molecule has 0 saturated carbocycles. The van der Waals surface area contributed by atoms with Gasteiger partial charge in [-0.3, -0.25) is 14.9 Å². The molecule has 0 aromatic carbocycles. The number of carbonyl (C=O) groups is 1. The van der Waals surface area contributed by atoms with Crippen LogP contribution in [0.4, 0.5) is 16.6 Å². The van der Waals surface area contributed by atoms with Crippen LogP contribution in [0.5, 0.6) is 0 Å². The van der Waals surface area contributed by atoms with Gasteiger partial charge in [-0.2, -0.15) is 0 Å². The highest BCUT2D eigenvalue weighted by Gasteiger charge is 2.30. The number of thiazole rings is 1. The van der Waals surface area contributed by atoms with Gasteiger partial charge in [0.15, 0.2) is 5.13 Å². The van der Waals surface area contributed by atoms with E-state index in [1.54, 1.807) is 11.6 Å². The molecule has 9 heteroatoms. The summed E-state index contributed by atoms with van der Waals surface area (Å²) in [5.41, 5.74) is -0.0338. The Morgan fingerprint density at radius 1 is 1.43 bits per heavy atom. The van der Waals surface area contributed by atoms with Crippen LogP contribution in [-0.2, 0) is 4.79 Å². The van der Waals surface area contributed by atoms with Crippen molar-refractivity contribution < 1.29 is 9.72 Å². The second-order valence-electron chi connectivity index (χ2n) is 5.21. The number of aromatic nitrogens is 2. The molecular weight excluding hydrogens is 318 g/mol. The molecule has 1 N–H and O–H groups in total. The fourth-order valence-corrected chi connectivity index (χ4v) is 3.18. The number of hydrogen-bond acceptors (Lipinski definition) is 7. The minimum atomic E-state index is -0.443. The molecule has 1 amide bonds. The molecule has 3 rings (SSSR count). The number of carbonyl (C=O) groups excluding carboxylic acids is 1. The van der Waals surface area contributed by atoms with Crippen molar-refractivity contribution in [3.63, 3.8) is 0 Å². The zero-order chi connectivity index (χ0) is 16.2. The molecule has 0 bridgehead atoms. The zero-order valence-electron chi connectivity index (χ0n) is 12.2. The lowest BCUT2D eigenvalue weighted by molar-refractivity contribution is -0.384. The standard InChI is InChI=1S/C14H15N5O3S/c20-13(17-14-16-6-8-23-14)10-3-2-7-18(9-10)12-11(19(21)22)4-1-5-15-12/h1,4-6,8,10H,2-3,7,9H2,(H,16,17,20)/t10-/m0/s1. The molecule has 8 nitrogen and oxygen atoms in total. The van der Waals surface area contributed by atoms with Crippen LogP contribution in [-0.4, -0.2) is 33.9 Å². The van der Waals surface area contributed by atoms with E-state index in [4.69, 9.17) is 0 Å². The van der Waals surface area contributed by atoms with Gasteiger partial charge in [-0.15, -0.1) is 11.3 Å². The van der Waals surface area contributed by atoms with Crippen molar-refractivity contribution in [3.05, 3.63) is 40.0 Å². The molecule has 0 spiro atoms. The van der Waals surface area contributed by atoms with Crippen molar-refractivity contribution in [1.29, 1.82) is 0 Å². The first kappa shape index (κ1) is 15.3. The van der Waals surface area contributed by atoms with Crippen LogP contribution in [0.3, 0.4) is 0 Å². The second kappa shape index (κ2) is 6.69. The van der Waals surface area contributed by atoms with Crippen LogP contribution in [0.25, 0.3) is 0 Å². The molecule has 23 heavy (non-hydrogen) atoms. The van der Waals surface area contributed by atoms with Crippen molar-refractivity contribution in [1.82, 2.24) is 9.97 Å². The molecule has 0 aliphatic carbocycles. The number of piperidine rings is 1. The van der Waals surface area contributed by atoms with Gasteiger partial charge in [0.1, 0.15) is 0 Å². The van der Waals surface area contributed by atoms with Gasteiger partial charge in [-0.1, -0.05) is 0 Å². The Hall–Kier alpha value is -2.55. The highest BCUT2D eigenvalue weighted by atomic mass is 32.1. The van der Waals surface area contributed by atoms with E-state index in [9.17, 15) is 14.9 Å². The predicted molar refractivity (Wildman–Crippen MR) is 86.6 cm³/mol. The van der Waals surface area contributed by atoms with Crippen LogP contribution in [0.15, 0.2) is 29.9 Å². The summed E-state index contributed by atoms with van der Waals surface area (Å²) < 4.78 is 0. The van der Waals surface area contributed by atoms with Crippen molar-refractivity contribution in [2.24, 2.45) is 5.92 Å². The maximum absolute atomic E-state index is 12.3. The topological polar surface area (TPSA) is 101 Å². The lowest BCUT2D eigenvalue weighted by atomic mass is 9.97. The van der Waals surface area contributed by atoms with Gasteiger partial charge >= 0.3 is 5.69 Å². The van der Waals surface area contributed by atoms with Crippen LogP contribution in [0.2, 0.25) is 0 Å². The second-order valence-corrected chi connectivity index (χ2v) is 6.11.